The summed E-state index contributed by atoms with van der Waals surface area (Å²) in [6.07, 6.45) is 4.67. The molecule has 4 aliphatic heterocycles. The summed E-state index contributed by atoms with van der Waals surface area (Å²) in [5.41, 5.74) is 0. The van der Waals surface area contributed by atoms with Gasteiger partial charge in [-0.05, 0) is 50.4 Å². The molecule has 5 heteroatoms. The molecule has 0 radical (unpaired) electrons. The van der Waals surface area contributed by atoms with Gasteiger partial charge in [-0.3, -0.25) is 4.79 Å². The van der Waals surface area contributed by atoms with Crippen LogP contribution in [-0.4, -0.2) is 41.8 Å². The van der Waals surface area contributed by atoms with Crippen LogP contribution in [0.2, 0.25) is 0 Å². The number of hydrogen-bond donors (Lipinski definition) is 0. The van der Waals surface area contributed by atoms with E-state index < -0.39 is 11.6 Å². The van der Waals surface area contributed by atoms with Crippen molar-refractivity contribution in [3.05, 3.63) is 0 Å². The second-order valence-electron chi connectivity index (χ2n) is 10.6. The normalized spacial score (nSPS) is 47.9. The summed E-state index contributed by atoms with van der Waals surface area (Å²) in [5, 5.41) is 0. The lowest BCUT2D eigenvalue weighted by atomic mass is 9.80. The fourth-order valence-corrected chi connectivity index (χ4v) is 5.98. The van der Waals surface area contributed by atoms with Crippen molar-refractivity contribution in [1.29, 1.82) is 0 Å². The molecule has 0 spiro atoms. The SMILES string of the molecule is CC(C)C1CCC2(C)OC(CC(=O)CC3OC4(C)CCC(C(C)C)C3O4)C1O2. The summed E-state index contributed by atoms with van der Waals surface area (Å²) in [6, 6.07) is 0. The second-order valence-corrected chi connectivity index (χ2v) is 10.6. The van der Waals surface area contributed by atoms with Gasteiger partial charge in [0.05, 0.1) is 24.4 Å². The van der Waals surface area contributed by atoms with E-state index in [0.29, 0.717) is 36.5 Å². The van der Waals surface area contributed by atoms with Crippen molar-refractivity contribution in [2.45, 2.75) is 116 Å². The average Bonchev–Trinajstić information content (AvgIpc) is 2.97. The van der Waals surface area contributed by atoms with Gasteiger partial charge in [0.2, 0.25) is 0 Å². The Morgan fingerprint density at radius 3 is 1.54 bits per heavy atom. The molecule has 4 heterocycles. The number of carbonyl (C=O) groups is 1. The van der Waals surface area contributed by atoms with Crippen LogP contribution in [0.5, 0.6) is 0 Å². The maximum absolute atomic E-state index is 13.0. The number of fused-ring (bicyclic) bond motifs is 4. The number of carbonyl (C=O) groups excluding carboxylic acids is 1. The van der Waals surface area contributed by atoms with Gasteiger partial charge in [-0.1, -0.05) is 27.7 Å². The Morgan fingerprint density at radius 1 is 0.786 bits per heavy atom. The zero-order valence-electron chi connectivity index (χ0n) is 18.4. The van der Waals surface area contributed by atoms with Crippen LogP contribution in [0, 0.1) is 23.7 Å². The molecule has 4 saturated heterocycles. The highest BCUT2D eigenvalue weighted by molar-refractivity contribution is 5.79. The van der Waals surface area contributed by atoms with Crippen molar-refractivity contribution < 1.29 is 23.7 Å². The summed E-state index contributed by atoms with van der Waals surface area (Å²) < 4.78 is 25.0. The monoisotopic (exact) mass is 394 g/mol. The van der Waals surface area contributed by atoms with Crippen LogP contribution < -0.4 is 0 Å². The zero-order chi connectivity index (χ0) is 20.3. The van der Waals surface area contributed by atoms with Gasteiger partial charge >= 0.3 is 0 Å². The summed E-state index contributed by atoms with van der Waals surface area (Å²) in [6.45, 7) is 13.0. The molecule has 8 unspecified atom stereocenters. The fraction of sp³-hybridized carbons (Fsp3) is 0.957. The third-order valence-electron chi connectivity index (χ3n) is 7.58. The first-order valence-electron chi connectivity index (χ1n) is 11.3. The molecule has 28 heavy (non-hydrogen) atoms. The van der Waals surface area contributed by atoms with E-state index >= 15 is 0 Å². The van der Waals surface area contributed by atoms with Crippen LogP contribution in [0.3, 0.4) is 0 Å². The topological polar surface area (TPSA) is 54.0 Å². The molecule has 0 aromatic rings. The quantitative estimate of drug-likeness (QED) is 0.665. The summed E-state index contributed by atoms with van der Waals surface area (Å²) in [4.78, 5) is 13.0. The molecule has 5 nitrogen and oxygen atoms in total. The third-order valence-corrected chi connectivity index (χ3v) is 7.58. The van der Waals surface area contributed by atoms with Crippen LogP contribution in [0.4, 0.5) is 0 Å². The summed E-state index contributed by atoms with van der Waals surface area (Å²) in [5.74, 6) is 1.17. The second kappa shape index (κ2) is 7.33. The Labute approximate surface area is 169 Å². The molecular weight excluding hydrogens is 356 g/mol. The predicted octanol–water partition coefficient (Wildman–Crippen LogP) is 4.47. The van der Waals surface area contributed by atoms with Crippen LogP contribution in [0.25, 0.3) is 0 Å². The van der Waals surface area contributed by atoms with Gasteiger partial charge < -0.3 is 18.9 Å². The third kappa shape index (κ3) is 3.80. The lowest BCUT2D eigenvalue weighted by Crippen LogP contribution is -2.40. The van der Waals surface area contributed by atoms with Crippen LogP contribution in [0.15, 0.2) is 0 Å². The molecule has 4 bridgehead atoms. The molecule has 160 valence electrons. The fourth-order valence-electron chi connectivity index (χ4n) is 5.98. The van der Waals surface area contributed by atoms with E-state index in [1.807, 2.05) is 13.8 Å². The predicted molar refractivity (Wildman–Crippen MR) is 106 cm³/mol. The van der Waals surface area contributed by atoms with E-state index in [4.69, 9.17) is 18.9 Å². The molecule has 4 aliphatic rings. The van der Waals surface area contributed by atoms with Crippen molar-refractivity contribution in [2.24, 2.45) is 23.7 Å². The largest absolute Gasteiger partial charge is 0.344 e. The van der Waals surface area contributed by atoms with Gasteiger partial charge in [0, 0.05) is 25.7 Å². The van der Waals surface area contributed by atoms with Crippen molar-refractivity contribution in [2.75, 3.05) is 0 Å². The van der Waals surface area contributed by atoms with Gasteiger partial charge in [-0.25, -0.2) is 0 Å². The molecule has 0 N–H and O–H groups in total. The van der Waals surface area contributed by atoms with E-state index in [1.54, 1.807) is 0 Å². The number of ketones is 1. The molecule has 0 aromatic carbocycles. The van der Waals surface area contributed by atoms with Crippen LogP contribution >= 0.6 is 0 Å². The Bertz CT molecular complexity index is 554. The van der Waals surface area contributed by atoms with E-state index in [0.717, 1.165) is 25.7 Å². The number of rotatable bonds is 6. The van der Waals surface area contributed by atoms with Gasteiger partial charge in [-0.2, -0.15) is 0 Å². The molecule has 0 amide bonds. The lowest BCUT2D eigenvalue weighted by Gasteiger charge is -2.35. The van der Waals surface area contributed by atoms with E-state index in [1.165, 1.54) is 0 Å². The minimum Gasteiger partial charge on any atom is -0.344 e. The van der Waals surface area contributed by atoms with Gasteiger partial charge in [0.1, 0.15) is 5.78 Å². The Morgan fingerprint density at radius 2 is 1.18 bits per heavy atom. The van der Waals surface area contributed by atoms with Crippen LogP contribution in [0.1, 0.15) is 80.1 Å². The molecule has 8 atom stereocenters. The number of Topliss-reactive ketones (excluding diaryl/α,β-unsaturated/α-hetero) is 1. The summed E-state index contributed by atoms with van der Waals surface area (Å²) in [7, 11) is 0. The lowest BCUT2D eigenvalue weighted by molar-refractivity contribution is -0.192. The van der Waals surface area contributed by atoms with Crippen molar-refractivity contribution in [3.8, 4) is 0 Å². The molecular formula is C23H38O5. The Hall–Kier alpha value is -0.490. The first-order chi connectivity index (χ1) is 13.1. The molecule has 0 aliphatic carbocycles. The van der Waals surface area contributed by atoms with Gasteiger partial charge in [0.15, 0.2) is 11.6 Å². The molecule has 0 saturated carbocycles. The average molecular weight is 395 g/mol. The molecule has 4 fully saturated rings. The maximum Gasteiger partial charge on any atom is 0.166 e. The van der Waals surface area contributed by atoms with Crippen molar-refractivity contribution >= 4 is 5.78 Å². The first kappa shape index (κ1) is 20.8. The molecule has 0 aromatic heterocycles. The first-order valence-corrected chi connectivity index (χ1v) is 11.3. The van der Waals surface area contributed by atoms with Crippen LogP contribution in [-0.2, 0) is 23.7 Å². The maximum atomic E-state index is 13.0. The Kier molecular flexibility index (Phi) is 5.44. The highest BCUT2D eigenvalue weighted by Crippen LogP contribution is 2.48. The zero-order valence-corrected chi connectivity index (χ0v) is 18.4. The Balaban J connectivity index is 1.40. The number of hydrogen-bond acceptors (Lipinski definition) is 5. The van der Waals surface area contributed by atoms with Crippen molar-refractivity contribution in [1.82, 2.24) is 0 Å². The smallest absolute Gasteiger partial charge is 0.166 e. The molecule has 4 rings (SSSR count). The number of ether oxygens (including phenoxy) is 4. The minimum absolute atomic E-state index is 0.0311. The van der Waals surface area contributed by atoms with Crippen molar-refractivity contribution in [3.63, 3.8) is 0 Å². The van der Waals surface area contributed by atoms with Gasteiger partial charge in [-0.15, -0.1) is 0 Å². The minimum atomic E-state index is -0.513. The van der Waals surface area contributed by atoms with E-state index in [9.17, 15) is 4.79 Å². The van der Waals surface area contributed by atoms with E-state index in [2.05, 4.69) is 27.7 Å². The summed E-state index contributed by atoms with van der Waals surface area (Å²) >= 11 is 0. The van der Waals surface area contributed by atoms with Gasteiger partial charge in [0.25, 0.3) is 0 Å². The highest BCUT2D eigenvalue weighted by atomic mass is 16.8. The highest BCUT2D eigenvalue weighted by Gasteiger charge is 2.54. The standard InChI is InChI=1S/C23H38O5/c1-13(2)16-7-9-22(5)25-18(20(16)27-22)11-15(24)12-19-21-17(14(3)4)8-10-23(6,26-19)28-21/h13-14,16-21H,7-12H2,1-6H3. The van der Waals surface area contributed by atoms with E-state index in [-0.39, 0.29) is 30.2 Å².